The number of rotatable bonds is 7. The van der Waals surface area contributed by atoms with Gasteiger partial charge in [-0.15, -0.1) is 12.4 Å². The van der Waals surface area contributed by atoms with Gasteiger partial charge in [0.15, 0.2) is 0 Å². The highest BCUT2D eigenvalue weighted by molar-refractivity contribution is 5.89. The molecular weight excluding hydrogens is 362 g/mol. The lowest BCUT2D eigenvalue weighted by atomic mass is 9.82. The van der Waals surface area contributed by atoms with Crippen molar-refractivity contribution in [3.63, 3.8) is 0 Å². The van der Waals surface area contributed by atoms with Gasteiger partial charge in [0.1, 0.15) is 0 Å². The van der Waals surface area contributed by atoms with E-state index in [1.807, 2.05) is 60.7 Å². The first-order valence-corrected chi connectivity index (χ1v) is 9.02. The molecule has 1 atom stereocenters. The molecular formula is C21H26ClN3O2. The summed E-state index contributed by atoms with van der Waals surface area (Å²) in [5.41, 5.74) is 1.43. The SMILES string of the molecule is Cl.O=C(CC1(C(=O)NCc2ccccc2)CCNC1)NCc1ccccc1. The molecule has 1 heterocycles. The van der Waals surface area contributed by atoms with Crippen LogP contribution in [0.25, 0.3) is 0 Å². The Morgan fingerprint density at radius 3 is 1.96 bits per heavy atom. The summed E-state index contributed by atoms with van der Waals surface area (Å²) in [5.74, 6) is -0.145. The zero-order valence-corrected chi connectivity index (χ0v) is 16.1. The van der Waals surface area contributed by atoms with Crippen LogP contribution in [0.15, 0.2) is 60.7 Å². The van der Waals surface area contributed by atoms with Crippen molar-refractivity contribution >= 4 is 24.2 Å². The van der Waals surface area contributed by atoms with Crippen LogP contribution in [0.1, 0.15) is 24.0 Å². The maximum absolute atomic E-state index is 12.8. The van der Waals surface area contributed by atoms with Crippen LogP contribution in [-0.2, 0) is 22.7 Å². The Hall–Kier alpha value is -2.37. The summed E-state index contributed by atoms with van der Waals surface area (Å²) < 4.78 is 0. The molecule has 6 heteroatoms. The number of hydrogen-bond donors (Lipinski definition) is 3. The normalized spacial score (nSPS) is 18.4. The second-order valence-electron chi connectivity index (χ2n) is 6.81. The van der Waals surface area contributed by atoms with E-state index in [9.17, 15) is 9.59 Å². The minimum Gasteiger partial charge on any atom is -0.352 e. The quantitative estimate of drug-likeness (QED) is 0.683. The van der Waals surface area contributed by atoms with Gasteiger partial charge in [0.2, 0.25) is 11.8 Å². The number of nitrogens with one attached hydrogen (secondary N) is 3. The van der Waals surface area contributed by atoms with E-state index in [0.29, 0.717) is 26.1 Å². The number of hydrogen-bond acceptors (Lipinski definition) is 3. The van der Waals surface area contributed by atoms with Crippen LogP contribution in [0.3, 0.4) is 0 Å². The molecule has 0 aliphatic carbocycles. The van der Waals surface area contributed by atoms with Crippen LogP contribution >= 0.6 is 12.4 Å². The molecule has 1 unspecified atom stereocenters. The third-order valence-corrected chi connectivity index (χ3v) is 4.85. The van der Waals surface area contributed by atoms with E-state index in [2.05, 4.69) is 16.0 Å². The van der Waals surface area contributed by atoms with Crippen molar-refractivity contribution in [1.29, 1.82) is 0 Å². The Balaban J connectivity index is 0.00000261. The van der Waals surface area contributed by atoms with Gasteiger partial charge in [0, 0.05) is 26.1 Å². The van der Waals surface area contributed by atoms with Gasteiger partial charge in [-0.05, 0) is 24.1 Å². The minimum atomic E-state index is -0.671. The van der Waals surface area contributed by atoms with Crippen LogP contribution in [0, 0.1) is 5.41 Å². The van der Waals surface area contributed by atoms with Crippen molar-refractivity contribution in [2.24, 2.45) is 5.41 Å². The van der Waals surface area contributed by atoms with Gasteiger partial charge in [0.25, 0.3) is 0 Å². The Morgan fingerprint density at radius 2 is 1.44 bits per heavy atom. The van der Waals surface area contributed by atoms with Gasteiger partial charge in [-0.2, -0.15) is 0 Å². The topological polar surface area (TPSA) is 70.2 Å². The molecule has 5 nitrogen and oxygen atoms in total. The second-order valence-corrected chi connectivity index (χ2v) is 6.81. The summed E-state index contributed by atoms with van der Waals surface area (Å²) in [6.07, 6.45) is 0.875. The van der Waals surface area contributed by atoms with Crippen LogP contribution in [0.2, 0.25) is 0 Å². The molecule has 1 saturated heterocycles. The predicted molar refractivity (Wildman–Crippen MR) is 108 cm³/mol. The largest absolute Gasteiger partial charge is 0.352 e. The molecule has 1 aliphatic rings. The van der Waals surface area contributed by atoms with Gasteiger partial charge < -0.3 is 16.0 Å². The smallest absolute Gasteiger partial charge is 0.228 e. The fraction of sp³-hybridized carbons (Fsp3) is 0.333. The van der Waals surface area contributed by atoms with E-state index >= 15 is 0 Å². The molecule has 1 fully saturated rings. The summed E-state index contributed by atoms with van der Waals surface area (Å²) in [5, 5.41) is 9.17. The Labute approximate surface area is 166 Å². The highest BCUT2D eigenvalue weighted by Crippen LogP contribution is 2.30. The summed E-state index contributed by atoms with van der Waals surface area (Å²) in [6.45, 7) is 2.25. The van der Waals surface area contributed by atoms with Crippen LogP contribution in [-0.4, -0.2) is 24.9 Å². The molecule has 0 saturated carbocycles. The highest BCUT2D eigenvalue weighted by Gasteiger charge is 2.42. The summed E-state index contributed by atoms with van der Waals surface area (Å²) >= 11 is 0. The van der Waals surface area contributed by atoms with Crippen molar-refractivity contribution in [1.82, 2.24) is 16.0 Å². The van der Waals surface area contributed by atoms with Gasteiger partial charge in [-0.3, -0.25) is 9.59 Å². The fourth-order valence-electron chi connectivity index (χ4n) is 3.30. The number of halogens is 1. The van der Waals surface area contributed by atoms with E-state index < -0.39 is 5.41 Å². The molecule has 2 aromatic rings. The molecule has 0 spiro atoms. The molecule has 0 bridgehead atoms. The molecule has 2 amide bonds. The molecule has 3 N–H and O–H groups in total. The van der Waals surface area contributed by atoms with Crippen molar-refractivity contribution in [2.45, 2.75) is 25.9 Å². The lowest BCUT2D eigenvalue weighted by Crippen LogP contribution is -2.45. The van der Waals surface area contributed by atoms with Crippen LogP contribution in [0.5, 0.6) is 0 Å². The average Bonchev–Trinajstić information content (AvgIpc) is 3.16. The van der Waals surface area contributed by atoms with E-state index in [0.717, 1.165) is 17.7 Å². The second kappa shape index (κ2) is 10.1. The third-order valence-electron chi connectivity index (χ3n) is 4.85. The van der Waals surface area contributed by atoms with E-state index in [1.54, 1.807) is 0 Å². The Bertz CT molecular complexity index is 732. The van der Waals surface area contributed by atoms with Crippen LogP contribution in [0.4, 0.5) is 0 Å². The van der Waals surface area contributed by atoms with Crippen molar-refractivity contribution in [3.05, 3.63) is 71.8 Å². The molecule has 0 aromatic heterocycles. The van der Waals surface area contributed by atoms with Crippen molar-refractivity contribution in [2.75, 3.05) is 13.1 Å². The number of carbonyl (C=O) groups excluding carboxylic acids is 2. The lowest BCUT2D eigenvalue weighted by molar-refractivity contribution is -0.135. The first-order chi connectivity index (χ1) is 12.7. The fourth-order valence-corrected chi connectivity index (χ4v) is 3.30. The average molecular weight is 388 g/mol. The van der Waals surface area contributed by atoms with Crippen molar-refractivity contribution in [3.8, 4) is 0 Å². The number of benzene rings is 2. The summed E-state index contributed by atoms with van der Waals surface area (Å²) in [4.78, 5) is 25.3. The van der Waals surface area contributed by atoms with Gasteiger partial charge in [-0.25, -0.2) is 0 Å². The summed E-state index contributed by atoms with van der Waals surface area (Å²) in [6, 6.07) is 19.6. The molecule has 3 rings (SSSR count). The Kier molecular flexibility index (Phi) is 7.82. The van der Waals surface area contributed by atoms with Gasteiger partial charge >= 0.3 is 0 Å². The van der Waals surface area contributed by atoms with E-state index in [4.69, 9.17) is 0 Å². The number of amides is 2. The first kappa shape index (κ1) is 20.9. The number of carbonyl (C=O) groups is 2. The highest BCUT2D eigenvalue weighted by atomic mass is 35.5. The zero-order chi connectivity index (χ0) is 18.2. The van der Waals surface area contributed by atoms with Crippen LogP contribution < -0.4 is 16.0 Å². The zero-order valence-electron chi connectivity index (χ0n) is 15.2. The Morgan fingerprint density at radius 1 is 0.889 bits per heavy atom. The third kappa shape index (κ3) is 5.81. The van der Waals surface area contributed by atoms with E-state index in [-0.39, 0.29) is 30.6 Å². The van der Waals surface area contributed by atoms with Gasteiger partial charge in [0.05, 0.1) is 5.41 Å². The maximum atomic E-state index is 12.8. The first-order valence-electron chi connectivity index (χ1n) is 9.02. The maximum Gasteiger partial charge on any atom is 0.228 e. The summed E-state index contributed by atoms with van der Waals surface area (Å²) in [7, 11) is 0. The lowest BCUT2D eigenvalue weighted by Gasteiger charge is -2.26. The van der Waals surface area contributed by atoms with Gasteiger partial charge in [-0.1, -0.05) is 60.7 Å². The molecule has 2 aromatic carbocycles. The minimum absolute atomic E-state index is 0. The molecule has 144 valence electrons. The monoisotopic (exact) mass is 387 g/mol. The predicted octanol–water partition coefficient (Wildman–Crippen LogP) is 2.41. The molecule has 0 radical (unpaired) electrons. The standard InChI is InChI=1S/C21H25N3O2.ClH/c25-19(23-14-17-7-3-1-4-8-17)13-21(11-12-22-16-21)20(26)24-15-18-9-5-2-6-10-18;/h1-10,22H,11-16H2,(H,23,25)(H,24,26);1H. The molecule has 27 heavy (non-hydrogen) atoms. The molecule has 1 aliphatic heterocycles. The van der Waals surface area contributed by atoms with E-state index in [1.165, 1.54) is 0 Å². The van der Waals surface area contributed by atoms with Crippen molar-refractivity contribution < 1.29 is 9.59 Å².